The number of aliphatic carboxylic acids is 1. The minimum absolute atomic E-state index is 0.558. The van der Waals surface area contributed by atoms with Crippen LogP contribution in [0.5, 0.6) is 0 Å². The molecular formula is C7H14BrNO2S. The van der Waals surface area contributed by atoms with Crippen molar-refractivity contribution in [3.8, 4) is 0 Å². The summed E-state index contributed by atoms with van der Waals surface area (Å²) in [7, 11) is 0. The average molecular weight is 256 g/mol. The third-order valence-corrected chi connectivity index (χ3v) is 2.98. The van der Waals surface area contributed by atoms with Crippen molar-refractivity contribution in [2.24, 2.45) is 5.73 Å². The monoisotopic (exact) mass is 255 g/mol. The first-order valence-electron chi connectivity index (χ1n) is 3.80. The van der Waals surface area contributed by atoms with Gasteiger partial charge in [0.05, 0.1) is 0 Å². The van der Waals surface area contributed by atoms with Crippen molar-refractivity contribution in [1.29, 1.82) is 0 Å². The van der Waals surface area contributed by atoms with Crippen LogP contribution in [0.4, 0.5) is 0 Å². The Hall–Kier alpha value is 0.260. The minimum Gasteiger partial charge on any atom is -0.480 e. The molecule has 0 aliphatic heterocycles. The van der Waals surface area contributed by atoms with Crippen LogP contribution in [0.3, 0.4) is 0 Å². The smallest absolute Gasteiger partial charge is 0.320 e. The third-order valence-electron chi connectivity index (χ3n) is 1.31. The van der Waals surface area contributed by atoms with Crippen LogP contribution in [0.1, 0.15) is 12.8 Å². The molecule has 0 radical (unpaired) electrons. The Kier molecular flexibility index (Phi) is 8.06. The molecule has 5 heteroatoms. The molecule has 0 saturated carbocycles. The highest BCUT2D eigenvalue weighted by Crippen LogP contribution is 2.06. The van der Waals surface area contributed by atoms with E-state index in [-0.39, 0.29) is 0 Å². The third kappa shape index (κ3) is 6.94. The van der Waals surface area contributed by atoms with Crippen LogP contribution in [0.2, 0.25) is 0 Å². The van der Waals surface area contributed by atoms with Crippen LogP contribution < -0.4 is 5.73 Å². The highest BCUT2D eigenvalue weighted by Gasteiger charge is 2.09. The predicted octanol–water partition coefficient (Wildman–Crippen LogP) is 1.31. The normalized spacial score (nSPS) is 12.8. The number of halogens is 1. The number of rotatable bonds is 7. The summed E-state index contributed by atoms with van der Waals surface area (Å²) < 4.78 is 0. The van der Waals surface area contributed by atoms with Crippen molar-refractivity contribution >= 4 is 33.7 Å². The van der Waals surface area contributed by atoms with Gasteiger partial charge in [0.2, 0.25) is 0 Å². The van der Waals surface area contributed by atoms with Gasteiger partial charge in [-0.2, -0.15) is 11.8 Å². The number of hydrogen-bond donors (Lipinski definition) is 2. The molecule has 3 N–H and O–H groups in total. The molecular weight excluding hydrogens is 242 g/mol. The van der Waals surface area contributed by atoms with E-state index in [9.17, 15) is 4.79 Å². The zero-order chi connectivity index (χ0) is 9.40. The first kappa shape index (κ1) is 12.3. The van der Waals surface area contributed by atoms with Gasteiger partial charge in [-0.1, -0.05) is 15.9 Å². The molecule has 3 nitrogen and oxygen atoms in total. The van der Waals surface area contributed by atoms with Crippen molar-refractivity contribution in [2.75, 3.05) is 16.8 Å². The lowest BCUT2D eigenvalue weighted by Crippen LogP contribution is -2.30. The van der Waals surface area contributed by atoms with E-state index in [0.29, 0.717) is 6.42 Å². The second kappa shape index (κ2) is 7.89. The van der Waals surface area contributed by atoms with Crippen molar-refractivity contribution in [1.82, 2.24) is 0 Å². The Balaban J connectivity index is 3.14. The second-order valence-electron chi connectivity index (χ2n) is 2.39. The van der Waals surface area contributed by atoms with Crippen molar-refractivity contribution in [3.05, 3.63) is 0 Å². The van der Waals surface area contributed by atoms with E-state index >= 15 is 0 Å². The Morgan fingerprint density at radius 1 is 1.58 bits per heavy atom. The SMILES string of the molecule is N[C@@H](CCSCCCBr)C(=O)O. The van der Waals surface area contributed by atoms with E-state index < -0.39 is 12.0 Å². The standard InChI is InChI=1S/C7H14BrNO2S/c8-3-1-4-12-5-2-6(9)7(10)11/h6H,1-5,9H2,(H,10,11)/t6-/m0/s1. The van der Waals surface area contributed by atoms with Gasteiger partial charge in [-0.25, -0.2) is 0 Å². The summed E-state index contributed by atoms with van der Waals surface area (Å²) in [6.45, 7) is 0. The lowest BCUT2D eigenvalue weighted by Gasteiger charge is -2.04. The summed E-state index contributed by atoms with van der Waals surface area (Å²) in [4.78, 5) is 10.3. The zero-order valence-electron chi connectivity index (χ0n) is 6.83. The highest BCUT2D eigenvalue weighted by atomic mass is 79.9. The number of hydrogen-bond acceptors (Lipinski definition) is 3. The van der Waals surface area contributed by atoms with Gasteiger partial charge in [0.25, 0.3) is 0 Å². The lowest BCUT2D eigenvalue weighted by atomic mass is 10.2. The van der Waals surface area contributed by atoms with Gasteiger partial charge in [0, 0.05) is 5.33 Å². The Bertz CT molecular complexity index is 135. The molecule has 0 saturated heterocycles. The van der Waals surface area contributed by atoms with Crippen molar-refractivity contribution in [3.63, 3.8) is 0 Å². The van der Waals surface area contributed by atoms with Crippen LogP contribution in [-0.2, 0) is 4.79 Å². The number of carbonyl (C=O) groups is 1. The van der Waals surface area contributed by atoms with Crippen molar-refractivity contribution in [2.45, 2.75) is 18.9 Å². The Morgan fingerprint density at radius 2 is 2.25 bits per heavy atom. The van der Waals surface area contributed by atoms with Gasteiger partial charge < -0.3 is 10.8 Å². The summed E-state index contributed by atoms with van der Waals surface area (Å²) in [5.74, 6) is 0.994. The molecule has 0 amide bonds. The second-order valence-corrected chi connectivity index (χ2v) is 4.41. The molecule has 0 spiro atoms. The fraction of sp³-hybridized carbons (Fsp3) is 0.857. The van der Waals surface area contributed by atoms with Gasteiger partial charge in [0.15, 0.2) is 0 Å². The molecule has 0 aliphatic carbocycles. The first-order valence-corrected chi connectivity index (χ1v) is 6.08. The molecule has 0 unspecified atom stereocenters. The maximum absolute atomic E-state index is 10.3. The van der Waals surface area contributed by atoms with E-state index in [1.807, 2.05) is 0 Å². The van der Waals surface area contributed by atoms with Crippen LogP contribution in [0.15, 0.2) is 0 Å². The highest BCUT2D eigenvalue weighted by molar-refractivity contribution is 9.09. The fourth-order valence-corrected chi connectivity index (χ4v) is 2.22. The molecule has 0 aromatic rings. The van der Waals surface area contributed by atoms with Crippen LogP contribution in [0.25, 0.3) is 0 Å². The van der Waals surface area contributed by atoms with Gasteiger partial charge in [0.1, 0.15) is 6.04 Å². The van der Waals surface area contributed by atoms with Crippen molar-refractivity contribution < 1.29 is 9.90 Å². The predicted molar refractivity (Wildman–Crippen MR) is 56.0 cm³/mol. The van der Waals surface area contributed by atoms with Gasteiger partial charge in [-0.15, -0.1) is 0 Å². The summed E-state index contributed by atoms with van der Waals surface area (Å²) in [5, 5.41) is 9.45. The number of nitrogens with two attached hydrogens (primary N) is 1. The zero-order valence-corrected chi connectivity index (χ0v) is 9.23. The number of thioether (sulfide) groups is 1. The Labute approximate surface area is 85.2 Å². The van der Waals surface area contributed by atoms with E-state index in [1.54, 1.807) is 11.8 Å². The summed E-state index contributed by atoms with van der Waals surface area (Å²) in [6, 6.07) is -0.693. The topological polar surface area (TPSA) is 63.3 Å². The molecule has 0 aromatic heterocycles. The summed E-state index contributed by atoms with van der Waals surface area (Å²) in [5.41, 5.74) is 5.31. The molecule has 0 bridgehead atoms. The van der Waals surface area contributed by atoms with Gasteiger partial charge >= 0.3 is 5.97 Å². The molecule has 72 valence electrons. The quantitative estimate of drug-likeness (QED) is 0.532. The van der Waals surface area contributed by atoms with Crippen LogP contribution in [-0.4, -0.2) is 34.0 Å². The van der Waals surface area contributed by atoms with Crippen LogP contribution in [0, 0.1) is 0 Å². The number of alkyl halides is 1. The minimum atomic E-state index is -0.906. The lowest BCUT2D eigenvalue weighted by molar-refractivity contribution is -0.138. The first-order chi connectivity index (χ1) is 5.68. The maximum atomic E-state index is 10.3. The molecule has 0 heterocycles. The number of carboxylic acids is 1. The largest absolute Gasteiger partial charge is 0.480 e. The molecule has 12 heavy (non-hydrogen) atoms. The van der Waals surface area contributed by atoms with E-state index in [4.69, 9.17) is 10.8 Å². The molecule has 1 atom stereocenters. The van der Waals surface area contributed by atoms with Crippen LogP contribution >= 0.6 is 27.7 Å². The molecule has 0 fully saturated rings. The van der Waals surface area contributed by atoms with E-state index in [0.717, 1.165) is 23.3 Å². The maximum Gasteiger partial charge on any atom is 0.320 e. The van der Waals surface area contributed by atoms with E-state index in [2.05, 4.69) is 15.9 Å². The number of carboxylic acid groups (broad SMARTS) is 1. The average Bonchev–Trinajstić information content (AvgIpc) is 2.03. The van der Waals surface area contributed by atoms with Gasteiger partial charge in [-0.3, -0.25) is 4.79 Å². The van der Waals surface area contributed by atoms with E-state index in [1.165, 1.54) is 0 Å². The molecule has 0 rings (SSSR count). The fourth-order valence-electron chi connectivity index (χ4n) is 0.592. The Morgan fingerprint density at radius 3 is 2.75 bits per heavy atom. The summed E-state index contributed by atoms with van der Waals surface area (Å²) in [6.07, 6.45) is 1.68. The molecule has 0 aliphatic rings. The molecule has 0 aromatic carbocycles. The summed E-state index contributed by atoms with van der Waals surface area (Å²) >= 11 is 5.07. The van der Waals surface area contributed by atoms with Gasteiger partial charge in [-0.05, 0) is 24.3 Å².